The van der Waals surface area contributed by atoms with Gasteiger partial charge in [-0.15, -0.1) is 24.0 Å². The molecule has 8 heteroatoms. The van der Waals surface area contributed by atoms with Crippen molar-refractivity contribution in [3.05, 3.63) is 29.8 Å². The number of nitrogens with zero attached hydrogens (tertiary/aromatic N) is 2. The van der Waals surface area contributed by atoms with Crippen LogP contribution in [0.1, 0.15) is 19.4 Å². The first kappa shape index (κ1) is 26.9. The van der Waals surface area contributed by atoms with Crippen molar-refractivity contribution in [1.29, 1.82) is 0 Å². The molecule has 0 aliphatic rings. The lowest BCUT2D eigenvalue weighted by Gasteiger charge is -2.24. The zero-order chi connectivity index (χ0) is 20.1. The minimum absolute atomic E-state index is 0. The quantitative estimate of drug-likeness (QED) is 0.257. The lowest BCUT2D eigenvalue weighted by atomic mass is 10.1. The topological polar surface area (TPSA) is 67.4 Å². The summed E-state index contributed by atoms with van der Waals surface area (Å²) in [5.41, 5.74) is 0.885. The fourth-order valence-corrected chi connectivity index (χ4v) is 2.20. The number of hydrogen-bond donors (Lipinski definition) is 2. The highest BCUT2D eigenvalue weighted by Gasteiger charge is 2.16. The van der Waals surface area contributed by atoms with Crippen LogP contribution in [0.4, 0.5) is 0 Å². The van der Waals surface area contributed by atoms with Crippen LogP contribution in [0.15, 0.2) is 29.3 Å². The van der Waals surface area contributed by atoms with Gasteiger partial charge in [0.05, 0.1) is 12.2 Å². The number of likely N-dealkylation sites (N-methyl/N-ethyl adjacent to an activating group) is 1. The van der Waals surface area contributed by atoms with E-state index in [0.717, 1.165) is 37.0 Å². The van der Waals surface area contributed by atoms with E-state index in [-0.39, 0.29) is 29.6 Å². The van der Waals surface area contributed by atoms with Crippen LogP contribution in [0, 0.1) is 0 Å². The first-order chi connectivity index (χ1) is 12.9. The fourth-order valence-electron chi connectivity index (χ4n) is 2.20. The largest absolute Gasteiger partial charge is 0.492 e. The van der Waals surface area contributed by atoms with Crippen LogP contribution >= 0.6 is 24.0 Å². The van der Waals surface area contributed by atoms with Crippen LogP contribution in [-0.2, 0) is 16.0 Å². The Labute approximate surface area is 187 Å². The molecule has 0 saturated carbocycles. The zero-order valence-electron chi connectivity index (χ0n) is 18.1. The van der Waals surface area contributed by atoms with E-state index in [1.54, 1.807) is 21.3 Å². The number of halogens is 1. The van der Waals surface area contributed by atoms with E-state index < -0.39 is 0 Å². The second-order valence-electron chi connectivity index (χ2n) is 7.04. The van der Waals surface area contributed by atoms with Gasteiger partial charge in [0.25, 0.3) is 0 Å². The average molecular weight is 508 g/mol. The van der Waals surface area contributed by atoms with E-state index in [1.165, 1.54) is 0 Å². The van der Waals surface area contributed by atoms with Crippen LogP contribution in [0.3, 0.4) is 0 Å². The Bertz CT molecular complexity index is 570. The highest BCUT2D eigenvalue weighted by molar-refractivity contribution is 14.0. The number of guanidine groups is 1. The molecule has 0 aliphatic carbocycles. The van der Waals surface area contributed by atoms with Crippen molar-refractivity contribution in [2.75, 3.05) is 61.2 Å². The third-order valence-corrected chi connectivity index (χ3v) is 4.24. The first-order valence-electron chi connectivity index (χ1n) is 9.29. The van der Waals surface area contributed by atoms with E-state index in [0.29, 0.717) is 19.7 Å². The van der Waals surface area contributed by atoms with Gasteiger partial charge in [0, 0.05) is 47.4 Å². The second kappa shape index (κ2) is 14.8. The molecule has 2 N–H and O–H groups in total. The molecule has 0 saturated heterocycles. The summed E-state index contributed by atoms with van der Waals surface area (Å²) in [6.07, 6.45) is 0. The summed E-state index contributed by atoms with van der Waals surface area (Å²) in [5, 5.41) is 6.59. The molecule has 162 valence electrons. The molecule has 0 spiro atoms. The number of aliphatic imine (C=N–C) groups is 1. The molecule has 0 fully saturated rings. The highest BCUT2D eigenvalue weighted by atomic mass is 127. The Balaban J connectivity index is 0.00000729. The Kier molecular flexibility index (Phi) is 14.3. The van der Waals surface area contributed by atoms with E-state index >= 15 is 0 Å². The number of nitrogens with one attached hydrogen (secondary N) is 2. The summed E-state index contributed by atoms with van der Waals surface area (Å²) in [5.74, 6) is 1.61. The predicted molar refractivity (Wildman–Crippen MR) is 126 cm³/mol. The maximum absolute atomic E-state index is 5.86. The Hall–Kier alpha value is -1.10. The molecular formula is C20H37IN4O3. The molecule has 7 nitrogen and oxygen atoms in total. The lowest BCUT2D eigenvalue weighted by Crippen LogP contribution is -2.45. The lowest BCUT2D eigenvalue weighted by molar-refractivity contribution is 0.0268. The molecule has 0 aromatic heterocycles. The van der Waals surface area contributed by atoms with Crippen LogP contribution in [-0.4, -0.2) is 77.6 Å². The molecular weight excluding hydrogens is 471 g/mol. The van der Waals surface area contributed by atoms with Crippen molar-refractivity contribution in [3.8, 4) is 5.75 Å². The molecule has 0 radical (unpaired) electrons. The Morgan fingerprint density at radius 2 is 1.86 bits per heavy atom. The maximum atomic E-state index is 5.86. The summed E-state index contributed by atoms with van der Waals surface area (Å²) in [6.45, 7) is 8.52. The van der Waals surface area contributed by atoms with Gasteiger partial charge in [-0.1, -0.05) is 12.1 Å². The summed E-state index contributed by atoms with van der Waals surface area (Å²) in [4.78, 5) is 6.43. The van der Waals surface area contributed by atoms with Gasteiger partial charge in [0.2, 0.25) is 0 Å². The normalized spacial score (nSPS) is 11.9. The van der Waals surface area contributed by atoms with Gasteiger partial charge in [0.1, 0.15) is 12.4 Å². The molecule has 1 rings (SSSR count). The SMILES string of the molecule is CN=C(NCc1cccc(OCCN(C)CCOC)c1)NCC(C)(C)OC.I. The minimum atomic E-state index is -0.248. The van der Waals surface area contributed by atoms with Crippen LogP contribution < -0.4 is 15.4 Å². The number of benzene rings is 1. The number of methoxy groups -OCH3 is 2. The van der Waals surface area contributed by atoms with Gasteiger partial charge in [-0.25, -0.2) is 0 Å². The van der Waals surface area contributed by atoms with Gasteiger partial charge in [0.15, 0.2) is 5.96 Å². The molecule has 28 heavy (non-hydrogen) atoms. The second-order valence-corrected chi connectivity index (χ2v) is 7.04. The smallest absolute Gasteiger partial charge is 0.191 e. The maximum Gasteiger partial charge on any atom is 0.191 e. The van der Waals surface area contributed by atoms with Crippen molar-refractivity contribution in [2.24, 2.45) is 4.99 Å². The molecule has 0 bridgehead atoms. The van der Waals surface area contributed by atoms with Gasteiger partial charge < -0.3 is 29.7 Å². The molecule has 1 aromatic rings. The van der Waals surface area contributed by atoms with Crippen molar-refractivity contribution in [1.82, 2.24) is 15.5 Å². The van der Waals surface area contributed by atoms with Crippen molar-refractivity contribution in [2.45, 2.75) is 26.0 Å². The van der Waals surface area contributed by atoms with E-state index in [1.807, 2.05) is 26.0 Å². The van der Waals surface area contributed by atoms with E-state index in [4.69, 9.17) is 14.2 Å². The molecule has 0 aliphatic heterocycles. The third-order valence-electron chi connectivity index (χ3n) is 4.24. The van der Waals surface area contributed by atoms with Crippen LogP contribution in [0.5, 0.6) is 5.75 Å². The van der Waals surface area contributed by atoms with Gasteiger partial charge in [-0.3, -0.25) is 4.99 Å². The van der Waals surface area contributed by atoms with Gasteiger partial charge >= 0.3 is 0 Å². The Morgan fingerprint density at radius 3 is 2.50 bits per heavy atom. The van der Waals surface area contributed by atoms with Gasteiger partial charge in [-0.2, -0.15) is 0 Å². The first-order valence-corrected chi connectivity index (χ1v) is 9.29. The molecule has 0 atom stereocenters. The van der Waals surface area contributed by atoms with Crippen molar-refractivity contribution >= 4 is 29.9 Å². The molecule has 0 heterocycles. The summed E-state index contributed by atoms with van der Waals surface area (Å²) >= 11 is 0. The molecule has 1 aromatic carbocycles. The fraction of sp³-hybridized carbons (Fsp3) is 0.650. The summed E-state index contributed by atoms with van der Waals surface area (Å²) in [6, 6.07) is 8.10. The summed E-state index contributed by atoms with van der Waals surface area (Å²) < 4.78 is 16.4. The van der Waals surface area contributed by atoms with E-state index in [2.05, 4.69) is 39.7 Å². The minimum Gasteiger partial charge on any atom is -0.492 e. The Morgan fingerprint density at radius 1 is 1.14 bits per heavy atom. The van der Waals surface area contributed by atoms with Crippen molar-refractivity contribution < 1.29 is 14.2 Å². The van der Waals surface area contributed by atoms with Crippen molar-refractivity contribution in [3.63, 3.8) is 0 Å². The standard InChI is InChI=1S/C20H36N4O3.HI/c1-20(2,26-6)16-23-19(21-3)22-15-17-8-7-9-18(14-17)27-13-11-24(4)10-12-25-5;/h7-9,14H,10-13,15-16H2,1-6H3,(H2,21,22,23);1H. The molecule has 0 amide bonds. The zero-order valence-corrected chi connectivity index (χ0v) is 20.4. The molecule has 0 unspecified atom stereocenters. The number of ether oxygens (including phenoxy) is 3. The summed E-state index contributed by atoms with van der Waals surface area (Å²) in [7, 11) is 7.24. The number of rotatable bonds is 12. The monoisotopic (exact) mass is 508 g/mol. The third kappa shape index (κ3) is 11.7. The average Bonchev–Trinajstić information content (AvgIpc) is 2.67. The van der Waals surface area contributed by atoms with E-state index in [9.17, 15) is 0 Å². The highest BCUT2D eigenvalue weighted by Crippen LogP contribution is 2.13. The predicted octanol–water partition coefficient (Wildman–Crippen LogP) is 2.35. The van der Waals surface area contributed by atoms with Crippen LogP contribution in [0.25, 0.3) is 0 Å². The number of hydrogen-bond acceptors (Lipinski definition) is 5. The van der Waals surface area contributed by atoms with Crippen LogP contribution in [0.2, 0.25) is 0 Å². The van der Waals surface area contributed by atoms with Gasteiger partial charge in [-0.05, 0) is 38.6 Å².